The molecule has 0 aromatic heterocycles. The second kappa shape index (κ2) is 8.47. The molecule has 0 aliphatic carbocycles. The lowest BCUT2D eigenvalue weighted by atomic mass is 9.94. The molecule has 1 aliphatic heterocycles. The minimum absolute atomic E-state index is 0.107. The fourth-order valence-electron chi connectivity index (χ4n) is 2.41. The van der Waals surface area contributed by atoms with E-state index in [2.05, 4.69) is 10.3 Å². The van der Waals surface area contributed by atoms with Crippen LogP contribution in [0, 0.1) is 0 Å². The normalized spacial score (nSPS) is 18.5. The molecule has 4 N–H and O–H groups in total. The number of nitrogens with zero attached hydrogens (tertiary/aromatic N) is 1. The molecule has 0 aromatic rings. The van der Waals surface area contributed by atoms with Gasteiger partial charge in [0.2, 0.25) is 5.91 Å². The summed E-state index contributed by atoms with van der Waals surface area (Å²) in [5.41, 5.74) is 1.54. The van der Waals surface area contributed by atoms with Crippen molar-refractivity contribution in [3.63, 3.8) is 0 Å². The van der Waals surface area contributed by atoms with E-state index < -0.39 is 5.60 Å². The standard InChI is InChI=1S/C13H27N3O3/c1-16(8-4-2-3-5-12(17)15-14)11-13(18)6-9-19-10-7-13/h18H,2-11,14H2,1H3,(H,15,17). The molecule has 1 amide bonds. The van der Waals surface area contributed by atoms with E-state index in [-0.39, 0.29) is 5.91 Å². The van der Waals surface area contributed by atoms with E-state index in [1.807, 2.05) is 7.05 Å². The minimum atomic E-state index is -0.591. The Morgan fingerprint density at radius 3 is 2.68 bits per heavy atom. The second-order valence-corrected chi connectivity index (χ2v) is 5.45. The van der Waals surface area contributed by atoms with Crippen molar-refractivity contribution in [1.82, 2.24) is 10.3 Å². The summed E-state index contributed by atoms with van der Waals surface area (Å²) in [7, 11) is 2.03. The summed E-state index contributed by atoms with van der Waals surface area (Å²) < 4.78 is 5.27. The fraction of sp³-hybridized carbons (Fsp3) is 0.923. The van der Waals surface area contributed by atoms with Crippen LogP contribution in [-0.4, -0.2) is 54.9 Å². The number of rotatable bonds is 8. The molecule has 1 rings (SSSR count). The van der Waals surface area contributed by atoms with Gasteiger partial charge >= 0.3 is 0 Å². The van der Waals surface area contributed by atoms with Crippen molar-refractivity contribution in [2.45, 2.75) is 44.1 Å². The van der Waals surface area contributed by atoms with E-state index in [1.165, 1.54) is 0 Å². The van der Waals surface area contributed by atoms with Crippen molar-refractivity contribution in [2.24, 2.45) is 5.84 Å². The third-order valence-corrected chi connectivity index (χ3v) is 3.59. The maximum atomic E-state index is 10.9. The molecule has 0 radical (unpaired) electrons. The van der Waals surface area contributed by atoms with Gasteiger partial charge in [-0.25, -0.2) is 5.84 Å². The van der Waals surface area contributed by atoms with Crippen molar-refractivity contribution in [3.8, 4) is 0 Å². The van der Waals surface area contributed by atoms with Gasteiger partial charge in [-0.05, 0) is 26.4 Å². The van der Waals surface area contributed by atoms with E-state index >= 15 is 0 Å². The average Bonchev–Trinajstić information content (AvgIpc) is 2.38. The second-order valence-electron chi connectivity index (χ2n) is 5.45. The van der Waals surface area contributed by atoms with Gasteiger partial charge in [-0.2, -0.15) is 0 Å². The molecule has 0 bridgehead atoms. The van der Waals surface area contributed by atoms with Gasteiger partial charge in [-0.15, -0.1) is 0 Å². The smallest absolute Gasteiger partial charge is 0.233 e. The van der Waals surface area contributed by atoms with E-state index in [4.69, 9.17) is 10.6 Å². The lowest BCUT2D eigenvalue weighted by Gasteiger charge is -2.35. The Morgan fingerprint density at radius 2 is 2.05 bits per heavy atom. The number of carbonyl (C=O) groups excluding carboxylic acids is 1. The highest BCUT2D eigenvalue weighted by atomic mass is 16.5. The number of amides is 1. The SMILES string of the molecule is CN(CCCCCC(=O)NN)CC1(O)CCOCC1. The van der Waals surface area contributed by atoms with Crippen LogP contribution in [0.5, 0.6) is 0 Å². The number of hydrazine groups is 1. The first-order chi connectivity index (χ1) is 9.06. The summed E-state index contributed by atoms with van der Waals surface area (Å²) in [5, 5.41) is 10.4. The zero-order valence-corrected chi connectivity index (χ0v) is 11.9. The zero-order valence-electron chi connectivity index (χ0n) is 11.9. The molecular formula is C13H27N3O3. The quantitative estimate of drug-likeness (QED) is 0.251. The fourth-order valence-corrected chi connectivity index (χ4v) is 2.41. The number of carbonyl (C=O) groups is 1. The van der Waals surface area contributed by atoms with Crippen LogP contribution in [0.15, 0.2) is 0 Å². The maximum Gasteiger partial charge on any atom is 0.233 e. The predicted molar refractivity (Wildman–Crippen MR) is 73.3 cm³/mol. The van der Waals surface area contributed by atoms with Crippen molar-refractivity contribution in [1.29, 1.82) is 0 Å². The summed E-state index contributed by atoms with van der Waals surface area (Å²) in [5.74, 6) is 4.90. The molecule has 6 nitrogen and oxygen atoms in total. The Balaban J connectivity index is 2.07. The van der Waals surface area contributed by atoms with E-state index in [0.29, 0.717) is 39.0 Å². The first-order valence-electron chi connectivity index (χ1n) is 7.04. The Kier molecular flexibility index (Phi) is 7.30. The lowest BCUT2D eigenvalue weighted by Crippen LogP contribution is -2.45. The highest BCUT2D eigenvalue weighted by Gasteiger charge is 2.30. The van der Waals surface area contributed by atoms with Gasteiger partial charge in [0.25, 0.3) is 0 Å². The molecule has 0 atom stereocenters. The number of nitrogens with one attached hydrogen (secondary N) is 1. The van der Waals surface area contributed by atoms with Crippen LogP contribution < -0.4 is 11.3 Å². The number of unbranched alkanes of at least 4 members (excludes halogenated alkanes) is 2. The van der Waals surface area contributed by atoms with E-state index in [1.54, 1.807) is 0 Å². The molecule has 1 fully saturated rings. The summed E-state index contributed by atoms with van der Waals surface area (Å²) >= 11 is 0. The summed E-state index contributed by atoms with van der Waals surface area (Å²) in [6.07, 6.45) is 4.80. The average molecular weight is 273 g/mol. The van der Waals surface area contributed by atoms with Gasteiger partial charge in [-0.3, -0.25) is 10.2 Å². The number of hydrogen-bond donors (Lipinski definition) is 3. The predicted octanol–water partition coefficient (Wildman–Crippen LogP) is 0.0100. The van der Waals surface area contributed by atoms with Gasteiger partial charge in [-0.1, -0.05) is 6.42 Å². The third-order valence-electron chi connectivity index (χ3n) is 3.59. The third kappa shape index (κ3) is 6.87. The number of likely N-dealkylation sites (N-methyl/N-ethyl adjacent to an activating group) is 1. The van der Waals surface area contributed by atoms with Gasteiger partial charge in [0.05, 0.1) is 5.60 Å². The molecule has 1 aliphatic rings. The molecule has 1 heterocycles. The van der Waals surface area contributed by atoms with Crippen LogP contribution in [-0.2, 0) is 9.53 Å². The van der Waals surface area contributed by atoms with Crippen LogP contribution >= 0.6 is 0 Å². The van der Waals surface area contributed by atoms with Crippen LogP contribution in [0.4, 0.5) is 0 Å². The van der Waals surface area contributed by atoms with Crippen molar-refractivity contribution >= 4 is 5.91 Å². The lowest BCUT2D eigenvalue weighted by molar-refractivity contribution is -0.121. The van der Waals surface area contributed by atoms with Crippen LogP contribution in [0.3, 0.4) is 0 Å². The molecular weight excluding hydrogens is 246 g/mol. The molecule has 1 saturated heterocycles. The molecule has 0 unspecified atom stereocenters. The first kappa shape index (κ1) is 16.4. The minimum Gasteiger partial charge on any atom is -0.388 e. The molecule has 0 saturated carbocycles. The number of hydrogen-bond acceptors (Lipinski definition) is 5. The van der Waals surface area contributed by atoms with Crippen molar-refractivity contribution < 1.29 is 14.6 Å². The maximum absolute atomic E-state index is 10.9. The number of nitrogens with two attached hydrogens (primary N) is 1. The summed E-state index contributed by atoms with van der Waals surface area (Å²) in [4.78, 5) is 13.1. The Labute approximate surface area is 115 Å². The summed E-state index contributed by atoms with van der Waals surface area (Å²) in [6, 6.07) is 0. The summed E-state index contributed by atoms with van der Waals surface area (Å²) in [6.45, 7) is 2.93. The van der Waals surface area contributed by atoms with Gasteiger partial charge < -0.3 is 14.7 Å². The van der Waals surface area contributed by atoms with Gasteiger partial charge in [0.1, 0.15) is 0 Å². The van der Waals surface area contributed by atoms with Gasteiger partial charge in [0, 0.05) is 39.0 Å². The topological polar surface area (TPSA) is 87.8 Å². The van der Waals surface area contributed by atoms with Crippen LogP contribution in [0.2, 0.25) is 0 Å². The Bertz CT molecular complexity index is 268. The molecule has 6 heteroatoms. The van der Waals surface area contributed by atoms with Gasteiger partial charge in [0.15, 0.2) is 0 Å². The first-order valence-corrected chi connectivity index (χ1v) is 7.04. The zero-order chi connectivity index (χ0) is 14.1. The van der Waals surface area contributed by atoms with Crippen molar-refractivity contribution in [3.05, 3.63) is 0 Å². The van der Waals surface area contributed by atoms with E-state index in [9.17, 15) is 9.90 Å². The largest absolute Gasteiger partial charge is 0.388 e. The van der Waals surface area contributed by atoms with Crippen LogP contribution in [0.1, 0.15) is 38.5 Å². The highest BCUT2D eigenvalue weighted by Crippen LogP contribution is 2.21. The Morgan fingerprint density at radius 1 is 1.37 bits per heavy atom. The molecule has 112 valence electrons. The van der Waals surface area contributed by atoms with E-state index in [0.717, 1.165) is 25.8 Å². The van der Waals surface area contributed by atoms with Crippen LogP contribution in [0.25, 0.3) is 0 Å². The molecule has 19 heavy (non-hydrogen) atoms. The monoisotopic (exact) mass is 273 g/mol. The highest BCUT2D eigenvalue weighted by molar-refractivity contribution is 5.74. The molecule has 0 spiro atoms. The Hall–Kier alpha value is -0.690. The molecule has 0 aromatic carbocycles. The van der Waals surface area contributed by atoms with Crippen molar-refractivity contribution in [2.75, 3.05) is 33.4 Å². The number of ether oxygens (including phenoxy) is 1. The number of aliphatic hydroxyl groups is 1.